The van der Waals surface area contributed by atoms with Gasteiger partial charge in [-0.1, -0.05) is 48.6 Å². The molecule has 0 aliphatic carbocycles. The Balaban J connectivity index is 1.32. The van der Waals surface area contributed by atoms with Gasteiger partial charge in [0.2, 0.25) is 0 Å². The average Bonchev–Trinajstić information content (AvgIpc) is 3.40. The molecule has 32 heavy (non-hydrogen) atoms. The van der Waals surface area contributed by atoms with Crippen molar-refractivity contribution >= 4 is 40.7 Å². The zero-order valence-electron chi connectivity index (χ0n) is 17.5. The molecule has 3 aromatic rings. The van der Waals surface area contributed by atoms with Crippen LogP contribution in [0.15, 0.2) is 41.8 Å². The first-order valence-electron chi connectivity index (χ1n) is 10.4. The van der Waals surface area contributed by atoms with Gasteiger partial charge in [0.25, 0.3) is 0 Å². The monoisotopic (exact) mass is 476 g/mol. The number of hydrogen-bond donors (Lipinski definition) is 0. The van der Waals surface area contributed by atoms with E-state index < -0.39 is 11.9 Å². The lowest BCUT2D eigenvalue weighted by molar-refractivity contribution is -0.141. The quantitative estimate of drug-likeness (QED) is 0.420. The van der Waals surface area contributed by atoms with Crippen molar-refractivity contribution in [1.29, 1.82) is 0 Å². The van der Waals surface area contributed by atoms with E-state index in [1.165, 1.54) is 4.68 Å². The Morgan fingerprint density at radius 2 is 1.91 bits per heavy atom. The molecular formula is C23H23F3N4S2. The van der Waals surface area contributed by atoms with E-state index in [4.69, 9.17) is 17.2 Å². The molecule has 3 heterocycles. The Morgan fingerprint density at radius 3 is 2.56 bits per heavy atom. The molecule has 1 aliphatic rings. The number of likely N-dealkylation sites (tertiary alicyclic amines) is 1. The minimum absolute atomic E-state index is 0.188. The molecule has 0 amide bonds. The summed E-state index contributed by atoms with van der Waals surface area (Å²) in [5.41, 5.74) is 1.67. The van der Waals surface area contributed by atoms with Gasteiger partial charge < -0.3 is 4.90 Å². The minimum atomic E-state index is -4.45. The summed E-state index contributed by atoms with van der Waals surface area (Å²) >= 11 is 7.20. The number of nitrogens with zero attached hydrogens (tertiary/aromatic N) is 4. The number of piperidine rings is 1. The normalized spacial score (nSPS) is 15.6. The SMILES string of the molecule is Cc1cc(C(F)(F)F)nn1CC(=S)N1CCC(c2nc(C=Cc3ccccc3)cs2)CC1. The molecular weight excluding hydrogens is 453 g/mol. The lowest BCUT2D eigenvalue weighted by Gasteiger charge is -2.33. The fourth-order valence-corrected chi connectivity index (χ4v) is 4.99. The maximum Gasteiger partial charge on any atom is 0.435 e. The Bertz CT molecular complexity index is 1090. The van der Waals surface area contributed by atoms with Crippen LogP contribution in [0.3, 0.4) is 0 Å². The van der Waals surface area contributed by atoms with Crippen LogP contribution < -0.4 is 0 Å². The van der Waals surface area contributed by atoms with E-state index in [0.29, 0.717) is 16.6 Å². The first kappa shape index (κ1) is 22.7. The number of benzene rings is 1. The summed E-state index contributed by atoms with van der Waals surface area (Å²) in [7, 11) is 0. The van der Waals surface area contributed by atoms with Crippen molar-refractivity contribution in [3.63, 3.8) is 0 Å². The molecule has 4 rings (SSSR count). The van der Waals surface area contributed by atoms with E-state index in [0.717, 1.165) is 48.3 Å². The van der Waals surface area contributed by atoms with E-state index >= 15 is 0 Å². The lowest BCUT2D eigenvalue weighted by atomic mass is 9.97. The molecule has 1 fully saturated rings. The summed E-state index contributed by atoms with van der Waals surface area (Å²) in [4.78, 5) is 7.48. The average molecular weight is 477 g/mol. The Morgan fingerprint density at radius 1 is 1.19 bits per heavy atom. The van der Waals surface area contributed by atoms with E-state index in [1.807, 2.05) is 24.3 Å². The highest BCUT2D eigenvalue weighted by atomic mass is 32.1. The molecule has 0 N–H and O–H groups in total. The van der Waals surface area contributed by atoms with E-state index in [2.05, 4.69) is 33.6 Å². The highest BCUT2D eigenvalue weighted by Gasteiger charge is 2.34. The van der Waals surface area contributed by atoms with Crippen molar-refractivity contribution in [1.82, 2.24) is 19.7 Å². The molecule has 0 saturated carbocycles. The van der Waals surface area contributed by atoms with Crippen LogP contribution >= 0.6 is 23.6 Å². The molecule has 1 saturated heterocycles. The first-order valence-corrected chi connectivity index (χ1v) is 11.7. The van der Waals surface area contributed by atoms with Crippen LogP contribution in [0.5, 0.6) is 0 Å². The smallest absolute Gasteiger partial charge is 0.365 e. The zero-order chi connectivity index (χ0) is 22.7. The van der Waals surface area contributed by atoms with Crippen LogP contribution in [-0.4, -0.2) is 37.7 Å². The molecule has 0 spiro atoms. The number of hydrogen-bond acceptors (Lipinski definition) is 4. The molecule has 9 heteroatoms. The fourth-order valence-electron chi connectivity index (χ4n) is 3.72. The summed E-state index contributed by atoms with van der Waals surface area (Å²) in [5, 5.41) is 6.88. The maximum absolute atomic E-state index is 12.9. The molecule has 0 unspecified atom stereocenters. The van der Waals surface area contributed by atoms with Gasteiger partial charge in [-0.05, 0) is 37.5 Å². The van der Waals surface area contributed by atoms with Crippen LogP contribution in [0.4, 0.5) is 13.2 Å². The van der Waals surface area contributed by atoms with Crippen LogP contribution in [0.2, 0.25) is 0 Å². The number of aromatic nitrogens is 3. The second-order valence-corrected chi connectivity index (χ2v) is 9.20. The number of halogens is 3. The number of alkyl halides is 3. The lowest BCUT2D eigenvalue weighted by Crippen LogP contribution is -2.39. The van der Waals surface area contributed by atoms with Gasteiger partial charge in [0, 0.05) is 30.1 Å². The first-order chi connectivity index (χ1) is 15.3. The van der Waals surface area contributed by atoms with Gasteiger partial charge >= 0.3 is 6.18 Å². The second-order valence-electron chi connectivity index (χ2n) is 7.84. The van der Waals surface area contributed by atoms with Gasteiger partial charge in [0.1, 0.15) is 0 Å². The molecule has 4 nitrogen and oxygen atoms in total. The number of rotatable bonds is 5. The van der Waals surface area contributed by atoms with Crippen molar-refractivity contribution in [3.8, 4) is 0 Å². The van der Waals surface area contributed by atoms with Gasteiger partial charge in [-0.3, -0.25) is 4.68 Å². The Labute approximate surface area is 194 Å². The summed E-state index contributed by atoms with van der Waals surface area (Å²) < 4.78 is 40.0. The summed E-state index contributed by atoms with van der Waals surface area (Å²) in [5.74, 6) is 0.376. The van der Waals surface area contributed by atoms with Crippen molar-refractivity contribution < 1.29 is 13.2 Å². The highest BCUT2D eigenvalue weighted by Crippen LogP contribution is 2.31. The van der Waals surface area contributed by atoms with Crippen molar-refractivity contribution in [2.24, 2.45) is 0 Å². The Hall–Kier alpha value is -2.52. The van der Waals surface area contributed by atoms with Crippen molar-refractivity contribution in [2.75, 3.05) is 13.1 Å². The van der Waals surface area contributed by atoms with Gasteiger partial charge in [-0.2, -0.15) is 18.3 Å². The second kappa shape index (κ2) is 9.54. The molecule has 2 aromatic heterocycles. The van der Waals surface area contributed by atoms with Crippen LogP contribution in [0.1, 0.15) is 46.4 Å². The van der Waals surface area contributed by atoms with Crippen LogP contribution in [0.25, 0.3) is 12.2 Å². The van der Waals surface area contributed by atoms with Gasteiger partial charge in [-0.15, -0.1) is 11.3 Å². The predicted octanol–water partition coefficient (Wildman–Crippen LogP) is 6.04. The summed E-state index contributed by atoms with van der Waals surface area (Å²) in [6.45, 7) is 3.34. The molecule has 0 radical (unpaired) electrons. The topological polar surface area (TPSA) is 34.0 Å². The third-order valence-corrected chi connectivity index (χ3v) is 6.95. The van der Waals surface area contributed by atoms with E-state index in [-0.39, 0.29) is 6.54 Å². The maximum atomic E-state index is 12.9. The molecule has 1 aliphatic heterocycles. The van der Waals surface area contributed by atoms with Crippen LogP contribution in [-0.2, 0) is 12.7 Å². The number of thiazole rings is 1. The van der Waals surface area contributed by atoms with Crippen molar-refractivity contribution in [2.45, 2.75) is 38.4 Å². The van der Waals surface area contributed by atoms with E-state index in [9.17, 15) is 13.2 Å². The zero-order valence-corrected chi connectivity index (χ0v) is 19.2. The van der Waals surface area contributed by atoms with Gasteiger partial charge in [0.05, 0.1) is 22.2 Å². The largest absolute Gasteiger partial charge is 0.435 e. The third-order valence-electron chi connectivity index (χ3n) is 5.54. The third kappa shape index (κ3) is 5.45. The van der Waals surface area contributed by atoms with Crippen LogP contribution in [0, 0.1) is 6.92 Å². The minimum Gasteiger partial charge on any atom is -0.365 e. The van der Waals surface area contributed by atoms with E-state index in [1.54, 1.807) is 18.3 Å². The Kier molecular flexibility index (Phi) is 6.76. The molecule has 1 aromatic carbocycles. The van der Waals surface area contributed by atoms with Gasteiger partial charge in [0.15, 0.2) is 5.69 Å². The standard InChI is InChI=1S/C23H23F3N4S2/c1-16-13-20(23(24,25)26)28-30(16)14-21(31)29-11-9-18(10-12-29)22-27-19(15-32-22)8-7-17-5-3-2-4-6-17/h2-8,13,15,18H,9-12,14H2,1H3. The molecule has 0 bridgehead atoms. The fraction of sp³-hybridized carbons (Fsp3) is 0.348. The van der Waals surface area contributed by atoms with Crippen molar-refractivity contribution in [3.05, 3.63) is 69.4 Å². The summed E-state index contributed by atoms with van der Waals surface area (Å²) in [6, 6.07) is 11.2. The summed E-state index contributed by atoms with van der Waals surface area (Å²) in [6.07, 6.45) is 1.48. The number of thiocarbonyl (C=S) groups is 1. The van der Waals surface area contributed by atoms with Gasteiger partial charge in [-0.25, -0.2) is 4.98 Å². The predicted molar refractivity (Wildman–Crippen MR) is 126 cm³/mol. The number of aryl methyl sites for hydroxylation is 1. The molecule has 168 valence electrons. The molecule has 0 atom stereocenters. The highest BCUT2D eigenvalue weighted by molar-refractivity contribution is 7.80.